The number of aromatic nitrogens is 3. The van der Waals surface area contributed by atoms with Gasteiger partial charge in [-0.3, -0.25) is 4.79 Å². The third-order valence-corrected chi connectivity index (χ3v) is 5.37. The molecule has 8 nitrogen and oxygen atoms in total. The maximum Gasteiger partial charge on any atom is 0.416 e. The summed E-state index contributed by atoms with van der Waals surface area (Å²) < 4.78 is 39.2. The number of hydrogen-bond donors (Lipinski definition) is 4. The van der Waals surface area contributed by atoms with Crippen molar-refractivity contribution >= 4 is 28.4 Å². The normalized spacial score (nSPS) is 16.5. The predicted octanol–water partition coefficient (Wildman–Crippen LogP) is 2.57. The first-order valence-electron chi connectivity index (χ1n) is 9.74. The van der Waals surface area contributed by atoms with Crippen molar-refractivity contribution in [2.24, 2.45) is 11.7 Å². The molecule has 5 N–H and O–H groups in total. The topological polar surface area (TPSA) is 120 Å². The summed E-state index contributed by atoms with van der Waals surface area (Å²) >= 11 is 0. The van der Waals surface area contributed by atoms with E-state index in [0.29, 0.717) is 37.4 Å². The molecule has 3 heterocycles. The number of halogens is 3. The SMILES string of the molecule is NC(O)C1CCN(c2nc(Nc3cccc(C(F)(F)F)c3)c3c(=O)[nH]ccc3n2)CC1. The van der Waals surface area contributed by atoms with E-state index in [1.54, 1.807) is 6.07 Å². The van der Waals surface area contributed by atoms with Crippen LogP contribution in [0, 0.1) is 5.92 Å². The Hall–Kier alpha value is -3.18. The first-order chi connectivity index (χ1) is 14.7. The Morgan fingerprint density at radius 2 is 1.97 bits per heavy atom. The number of aromatic amines is 1. The lowest BCUT2D eigenvalue weighted by atomic mass is 9.96. The highest BCUT2D eigenvalue weighted by Crippen LogP contribution is 2.32. The first kappa shape index (κ1) is 21.1. The van der Waals surface area contributed by atoms with Crippen LogP contribution in [0.2, 0.25) is 0 Å². The molecule has 2 aromatic heterocycles. The minimum atomic E-state index is -4.49. The molecule has 1 aliphatic heterocycles. The number of nitrogens with two attached hydrogens (primary N) is 1. The van der Waals surface area contributed by atoms with E-state index in [2.05, 4.69) is 20.3 Å². The van der Waals surface area contributed by atoms with Gasteiger partial charge in [0.2, 0.25) is 5.95 Å². The Kier molecular flexibility index (Phi) is 5.54. The van der Waals surface area contributed by atoms with Crippen molar-refractivity contribution in [2.45, 2.75) is 25.2 Å². The zero-order valence-corrected chi connectivity index (χ0v) is 16.4. The van der Waals surface area contributed by atoms with E-state index in [1.807, 2.05) is 4.90 Å². The molecule has 1 fully saturated rings. The number of nitrogens with one attached hydrogen (secondary N) is 2. The lowest BCUT2D eigenvalue weighted by Crippen LogP contribution is -2.41. The average molecular weight is 434 g/mol. The van der Waals surface area contributed by atoms with Crippen LogP contribution in [0.1, 0.15) is 18.4 Å². The minimum absolute atomic E-state index is 0.0257. The number of aliphatic hydroxyl groups excluding tert-OH is 1. The fraction of sp³-hybridized carbons (Fsp3) is 0.350. The second-order valence-corrected chi connectivity index (χ2v) is 7.46. The second-order valence-electron chi connectivity index (χ2n) is 7.46. The number of nitrogens with zero attached hydrogens (tertiary/aromatic N) is 3. The summed E-state index contributed by atoms with van der Waals surface area (Å²) in [7, 11) is 0. The van der Waals surface area contributed by atoms with Gasteiger partial charge >= 0.3 is 6.18 Å². The maximum absolute atomic E-state index is 13.1. The van der Waals surface area contributed by atoms with E-state index in [-0.39, 0.29) is 22.8 Å². The molecule has 3 aromatic rings. The van der Waals surface area contributed by atoms with Gasteiger partial charge in [0, 0.05) is 30.9 Å². The minimum Gasteiger partial charge on any atom is -0.379 e. The molecule has 11 heteroatoms. The highest BCUT2D eigenvalue weighted by molar-refractivity contribution is 5.91. The van der Waals surface area contributed by atoms with Gasteiger partial charge in [0.05, 0.1) is 11.1 Å². The Labute approximate surface area is 174 Å². The molecule has 1 aromatic carbocycles. The van der Waals surface area contributed by atoms with E-state index in [1.165, 1.54) is 18.3 Å². The van der Waals surface area contributed by atoms with Gasteiger partial charge in [-0.1, -0.05) is 6.07 Å². The zero-order valence-electron chi connectivity index (χ0n) is 16.4. The van der Waals surface area contributed by atoms with E-state index in [9.17, 15) is 23.1 Å². The largest absolute Gasteiger partial charge is 0.416 e. The van der Waals surface area contributed by atoms with Crippen LogP contribution in [0.25, 0.3) is 10.9 Å². The number of anilines is 3. The lowest BCUT2D eigenvalue weighted by Gasteiger charge is -2.33. The summed E-state index contributed by atoms with van der Waals surface area (Å²) in [6.07, 6.45) is -2.65. The smallest absolute Gasteiger partial charge is 0.379 e. The summed E-state index contributed by atoms with van der Waals surface area (Å²) in [4.78, 5) is 25.8. The Balaban J connectivity index is 1.72. The van der Waals surface area contributed by atoms with Crippen LogP contribution in [0.4, 0.5) is 30.6 Å². The van der Waals surface area contributed by atoms with Crippen LogP contribution in [0.15, 0.2) is 41.3 Å². The van der Waals surface area contributed by atoms with Crippen molar-refractivity contribution in [3.05, 3.63) is 52.4 Å². The van der Waals surface area contributed by atoms with Gasteiger partial charge in [-0.25, -0.2) is 4.98 Å². The summed E-state index contributed by atoms with van der Waals surface area (Å²) in [5.74, 6) is 0.432. The second kappa shape index (κ2) is 8.16. The monoisotopic (exact) mass is 434 g/mol. The molecule has 0 bridgehead atoms. The highest BCUT2D eigenvalue weighted by atomic mass is 19.4. The number of alkyl halides is 3. The van der Waals surface area contributed by atoms with Crippen molar-refractivity contribution in [1.82, 2.24) is 15.0 Å². The fourth-order valence-electron chi connectivity index (χ4n) is 3.66. The lowest BCUT2D eigenvalue weighted by molar-refractivity contribution is -0.137. The third-order valence-electron chi connectivity index (χ3n) is 5.37. The van der Waals surface area contributed by atoms with Crippen LogP contribution in [-0.2, 0) is 6.18 Å². The van der Waals surface area contributed by atoms with Crippen LogP contribution in [0.5, 0.6) is 0 Å². The van der Waals surface area contributed by atoms with E-state index in [0.717, 1.165) is 12.1 Å². The van der Waals surface area contributed by atoms with Gasteiger partial charge in [0.1, 0.15) is 17.4 Å². The quantitative estimate of drug-likeness (QED) is 0.466. The maximum atomic E-state index is 13.1. The van der Waals surface area contributed by atoms with Crippen LogP contribution in [-0.4, -0.2) is 39.4 Å². The number of aliphatic hydroxyl groups is 1. The molecule has 0 radical (unpaired) electrons. The Morgan fingerprint density at radius 1 is 1.23 bits per heavy atom. The summed E-state index contributed by atoms with van der Waals surface area (Å²) in [5, 5.41) is 12.6. The number of rotatable bonds is 4. The van der Waals surface area contributed by atoms with Crippen molar-refractivity contribution in [3.63, 3.8) is 0 Å². The van der Waals surface area contributed by atoms with Crippen LogP contribution < -0.4 is 21.5 Å². The zero-order chi connectivity index (χ0) is 22.2. The Bertz CT molecular complexity index is 1140. The molecule has 31 heavy (non-hydrogen) atoms. The third kappa shape index (κ3) is 4.47. The molecule has 0 aliphatic carbocycles. The van der Waals surface area contributed by atoms with Crippen molar-refractivity contribution in [2.75, 3.05) is 23.3 Å². The summed E-state index contributed by atoms with van der Waals surface area (Å²) in [5.41, 5.74) is 4.82. The number of piperidine rings is 1. The number of pyridine rings is 1. The molecular formula is C20H21F3N6O2. The van der Waals surface area contributed by atoms with Gasteiger partial charge in [0.25, 0.3) is 5.56 Å². The van der Waals surface area contributed by atoms with E-state index >= 15 is 0 Å². The summed E-state index contributed by atoms with van der Waals surface area (Å²) in [6, 6.07) is 6.28. The number of fused-ring (bicyclic) bond motifs is 1. The highest BCUT2D eigenvalue weighted by Gasteiger charge is 2.30. The Morgan fingerprint density at radius 3 is 2.65 bits per heavy atom. The fourth-order valence-corrected chi connectivity index (χ4v) is 3.66. The predicted molar refractivity (Wildman–Crippen MR) is 110 cm³/mol. The van der Waals surface area contributed by atoms with Gasteiger partial charge < -0.3 is 26.0 Å². The van der Waals surface area contributed by atoms with Gasteiger partial charge in [-0.15, -0.1) is 0 Å². The van der Waals surface area contributed by atoms with Crippen LogP contribution in [0.3, 0.4) is 0 Å². The molecular weight excluding hydrogens is 413 g/mol. The van der Waals surface area contributed by atoms with E-state index < -0.39 is 23.5 Å². The number of hydrogen-bond acceptors (Lipinski definition) is 7. The van der Waals surface area contributed by atoms with Gasteiger partial charge in [0.15, 0.2) is 0 Å². The summed E-state index contributed by atoms with van der Waals surface area (Å²) in [6.45, 7) is 1.10. The molecule has 164 valence electrons. The molecule has 1 aliphatic rings. The molecule has 1 atom stereocenters. The average Bonchev–Trinajstić information content (AvgIpc) is 2.73. The molecule has 0 saturated carbocycles. The number of benzene rings is 1. The molecule has 0 spiro atoms. The van der Waals surface area contributed by atoms with Crippen LogP contribution >= 0.6 is 0 Å². The first-order valence-corrected chi connectivity index (χ1v) is 9.74. The van der Waals surface area contributed by atoms with Gasteiger partial charge in [-0.05, 0) is 37.1 Å². The van der Waals surface area contributed by atoms with Crippen molar-refractivity contribution in [3.8, 4) is 0 Å². The van der Waals surface area contributed by atoms with E-state index in [4.69, 9.17) is 5.73 Å². The molecule has 1 saturated heterocycles. The molecule has 4 rings (SSSR count). The van der Waals surface area contributed by atoms with Crippen molar-refractivity contribution < 1.29 is 18.3 Å². The number of H-pyrrole nitrogens is 1. The van der Waals surface area contributed by atoms with Crippen molar-refractivity contribution in [1.29, 1.82) is 0 Å². The molecule has 0 amide bonds. The van der Waals surface area contributed by atoms with Gasteiger partial charge in [-0.2, -0.15) is 18.2 Å². The molecule has 1 unspecified atom stereocenters. The standard InChI is InChI=1S/C20H21F3N6O2/c21-20(22,23)12-2-1-3-13(10-12)26-17-15-14(4-7-25-18(15)31)27-19(28-17)29-8-5-11(6-9-29)16(24)30/h1-4,7,10-11,16,30H,5-6,8-9,24H2,(H,25,31)(H,26,27,28).